The molecule has 224 valence electrons. The molecule has 0 unspecified atom stereocenters. The lowest BCUT2D eigenvalue weighted by atomic mass is 9.82. The van der Waals surface area contributed by atoms with Crippen LogP contribution in [-0.4, -0.2) is 4.98 Å². The van der Waals surface area contributed by atoms with Crippen LogP contribution in [0.15, 0.2) is 162 Å². The van der Waals surface area contributed by atoms with Gasteiger partial charge in [0, 0.05) is 28.0 Å². The molecule has 8 aromatic rings. The highest BCUT2D eigenvalue weighted by Crippen LogP contribution is 2.53. The number of benzene rings is 7. The lowest BCUT2D eigenvalue weighted by Crippen LogP contribution is -2.16. The van der Waals surface area contributed by atoms with Crippen molar-refractivity contribution < 1.29 is 4.42 Å². The van der Waals surface area contributed by atoms with E-state index in [0.717, 1.165) is 33.7 Å². The van der Waals surface area contributed by atoms with Crippen LogP contribution in [0.25, 0.3) is 55.6 Å². The molecule has 7 aromatic carbocycles. The molecular formula is C44H32N2O. The normalized spacial score (nSPS) is 13.1. The van der Waals surface area contributed by atoms with Crippen LogP contribution in [-0.2, 0) is 5.41 Å². The van der Waals surface area contributed by atoms with E-state index in [9.17, 15) is 0 Å². The summed E-state index contributed by atoms with van der Waals surface area (Å²) < 4.78 is 6.30. The van der Waals surface area contributed by atoms with Crippen LogP contribution < -0.4 is 4.90 Å². The van der Waals surface area contributed by atoms with E-state index in [1.54, 1.807) is 0 Å². The van der Waals surface area contributed by atoms with Crippen LogP contribution in [0, 0.1) is 0 Å². The Morgan fingerprint density at radius 3 is 2.02 bits per heavy atom. The molecule has 1 aliphatic carbocycles. The van der Waals surface area contributed by atoms with Gasteiger partial charge in [-0.25, -0.2) is 4.98 Å². The van der Waals surface area contributed by atoms with Gasteiger partial charge in [0.25, 0.3) is 0 Å². The number of oxazole rings is 1. The number of aromatic nitrogens is 1. The molecule has 0 saturated heterocycles. The van der Waals surface area contributed by atoms with Gasteiger partial charge in [-0.1, -0.05) is 117 Å². The van der Waals surface area contributed by atoms with Crippen molar-refractivity contribution in [1.29, 1.82) is 0 Å². The van der Waals surface area contributed by atoms with Gasteiger partial charge in [0.15, 0.2) is 5.58 Å². The molecule has 0 aliphatic heterocycles. The second-order valence-corrected chi connectivity index (χ2v) is 12.8. The average molecular weight is 605 g/mol. The standard InChI is InChI=1S/C44H32N2O/c1-44(2)38-16-10-15-37(43-45-40-17-8-9-18-41(40)47-43)42(38)36-26-25-35(28-39(36)44)46(34-24-21-30-13-6-7-14-32(30)27-34)33-22-19-31(20-23-33)29-11-4-3-5-12-29/h3-28H,1-2H3. The van der Waals surface area contributed by atoms with E-state index in [2.05, 4.69) is 152 Å². The minimum Gasteiger partial charge on any atom is -0.436 e. The first-order valence-corrected chi connectivity index (χ1v) is 16.1. The molecule has 0 radical (unpaired) electrons. The van der Waals surface area contributed by atoms with Gasteiger partial charge in [-0.2, -0.15) is 0 Å². The summed E-state index contributed by atoms with van der Waals surface area (Å²) in [4.78, 5) is 7.26. The van der Waals surface area contributed by atoms with Crippen molar-refractivity contribution in [3.8, 4) is 33.7 Å². The van der Waals surface area contributed by atoms with Crippen molar-refractivity contribution >= 4 is 38.9 Å². The Morgan fingerprint density at radius 1 is 0.511 bits per heavy atom. The minimum absolute atomic E-state index is 0.213. The van der Waals surface area contributed by atoms with Crippen molar-refractivity contribution in [2.45, 2.75) is 19.3 Å². The van der Waals surface area contributed by atoms with Crippen molar-refractivity contribution in [2.75, 3.05) is 4.90 Å². The first-order chi connectivity index (χ1) is 23.0. The second kappa shape index (κ2) is 10.6. The lowest BCUT2D eigenvalue weighted by Gasteiger charge is -2.28. The van der Waals surface area contributed by atoms with Crippen molar-refractivity contribution in [3.63, 3.8) is 0 Å². The van der Waals surface area contributed by atoms with Gasteiger partial charge >= 0.3 is 0 Å². The zero-order chi connectivity index (χ0) is 31.5. The highest BCUT2D eigenvalue weighted by Gasteiger charge is 2.38. The van der Waals surface area contributed by atoms with Gasteiger partial charge in [-0.15, -0.1) is 0 Å². The Kier molecular flexibility index (Phi) is 6.16. The van der Waals surface area contributed by atoms with E-state index in [4.69, 9.17) is 9.40 Å². The van der Waals surface area contributed by atoms with Crippen molar-refractivity contribution in [2.24, 2.45) is 0 Å². The highest BCUT2D eigenvalue weighted by molar-refractivity contribution is 5.94. The van der Waals surface area contributed by atoms with Crippen LogP contribution in [0.1, 0.15) is 25.0 Å². The van der Waals surface area contributed by atoms with Gasteiger partial charge in [0.05, 0.1) is 0 Å². The predicted octanol–water partition coefficient (Wildman–Crippen LogP) is 12.1. The number of hydrogen-bond donors (Lipinski definition) is 0. The zero-order valence-corrected chi connectivity index (χ0v) is 26.3. The topological polar surface area (TPSA) is 29.3 Å². The molecule has 1 aromatic heterocycles. The maximum atomic E-state index is 6.30. The maximum absolute atomic E-state index is 6.30. The highest BCUT2D eigenvalue weighted by atomic mass is 16.3. The average Bonchev–Trinajstić information content (AvgIpc) is 3.65. The summed E-state index contributed by atoms with van der Waals surface area (Å²) >= 11 is 0. The molecule has 3 nitrogen and oxygen atoms in total. The van der Waals surface area contributed by atoms with Crippen LogP contribution >= 0.6 is 0 Å². The molecular weight excluding hydrogens is 572 g/mol. The Bertz CT molecular complexity index is 2400. The number of para-hydroxylation sites is 2. The number of anilines is 3. The molecule has 0 atom stereocenters. The Morgan fingerprint density at radius 2 is 1.19 bits per heavy atom. The molecule has 9 rings (SSSR count). The fourth-order valence-corrected chi connectivity index (χ4v) is 7.28. The second-order valence-electron chi connectivity index (χ2n) is 12.8. The number of rotatable bonds is 5. The van der Waals surface area contributed by atoms with E-state index in [-0.39, 0.29) is 5.41 Å². The smallest absolute Gasteiger partial charge is 0.227 e. The first-order valence-electron chi connectivity index (χ1n) is 16.1. The molecule has 0 N–H and O–H groups in total. The molecule has 0 bridgehead atoms. The van der Waals surface area contributed by atoms with Gasteiger partial charge < -0.3 is 9.32 Å². The molecule has 0 amide bonds. The van der Waals surface area contributed by atoms with E-state index in [1.165, 1.54) is 44.2 Å². The number of hydrogen-bond acceptors (Lipinski definition) is 3. The predicted molar refractivity (Wildman–Crippen MR) is 195 cm³/mol. The lowest BCUT2D eigenvalue weighted by molar-refractivity contribution is 0.619. The number of nitrogens with zero attached hydrogens (tertiary/aromatic N) is 2. The van der Waals surface area contributed by atoms with E-state index < -0.39 is 0 Å². The SMILES string of the molecule is CC1(C)c2cc(N(c3ccc(-c4ccccc4)cc3)c3ccc4ccccc4c3)ccc2-c2c(-c3nc4ccccc4o3)cccc21. The van der Waals surface area contributed by atoms with Crippen LogP contribution in [0.2, 0.25) is 0 Å². The monoisotopic (exact) mass is 604 g/mol. The Balaban J connectivity index is 1.20. The van der Waals surface area contributed by atoms with E-state index >= 15 is 0 Å². The molecule has 1 aliphatic rings. The summed E-state index contributed by atoms with van der Waals surface area (Å²) in [6, 6.07) is 56.2. The third kappa shape index (κ3) is 4.46. The summed E-state index contributed by atoms with van der Waals surface area (Å²) in [5.74, 6) is 0.659. The molecule has 0 saturated carbocycles. The summed E-state index contributed by atoms with van der Waals surface area (Å²) in [5, 5.41) is 2.45. The maximum Gasteiger partial charge on any atom is 0.227 e. The quantitative estimate of drug-likeness (QED) is 0.196. The van der Waals surface area contributed by atoms with Gasteiger partial charge in [0.2, 0.25) is 5.89 Å². The van der Waals surface area contributed by atoms with Gasteiger partial charge in [0.1, 0.15) is 5.52 Å². The fraction of sp³-hybridized carbons (Fsp3) is 0.0682. The summed E-state index contributed by atoms with van der Waals surface area (Å²) in [7, 11) is 0. The minimum atomic E-state index is -0.213. The van der Waals surface area contributed by atoms with E-state index in [0.29, 0.717) is 5.89 Å². The molecule has 0 fully saturated rings. The van der Waals surface area contributed by atoms with Crippen LogP contribution in [0.3, 0.4) is 0 Å². The van der Waals surface area contributed by atoms with Gasteiger partial charge in [-0.05, 0) is 98.8 Å². The van der Waals surface area contributed by atoms with E-state index in [1.807, 2.05) is 24.3 Å². The van der Waals surface area contributed by atoms with Gasteiger partial charge in [-0.3, -0.25) is 0 Å². The molecule has 3 heteroatoms. The molecule has 1 heterocycles. The Labute approximate surface area is 274 Å². The fourth-order valence-electron chi connectivity index (χ4n) is 7.28. The first kappa shape index (κ1) is 27.4. The van der Waals surface area contributed by atoms with Crippen LogP contribution in [0.4, 0.5) is 17.1 Å². The molecule has 0 spiro atoms. The van der Waals surface area contributed by atoms with Crippen molar-refractivity contribution in [1.82, 2.24) is 4.98 Å². The van der Waals surface area contributed by atoms with Crippen LogP contribution in [0.5, 0.6) is 0 Å². The largest absolute Gasteiger partial charge is 0.436 e. The zero-order valence-electron chi connectivity index (χ0n) is 26.3. The number of fused-ring (bicyclic) bond motifs is 5. The summed E-state index contributed by atoms with van der Waals surface area (Å²) in [6.45, 7) is 4.65. The summed E-state index contributed by atoms with van der Waals surface area (Å²) in [6.07, 6.45) is 0. The summed E-state index contributed by atoms with van der Waals surface area (Å²) in [5.41, 5.74) is 13.3. The third-order valence-corrected chi connectivity index (χ3v) is 9.69. The third-order valence-electron chi connectivity index (χ3n) is 9.69. The van der Waals surface area contributed by atoms with Crippen molar-refractivity contribution in [3.05, 3.63) is 169 Å². The molecule has 47 heavy (non-hydrogen) atoms. The Hall–Kier alpha value is -5.93.